The van der Waals surface area contributed by atoms with Crippen molar-refractivity contribution in [2.24, 2.45) is 5.92 Å². The largest absolute Gasteiger partial charge is 0.396 e. The first-order valence-electron chi connectivity index (χ1n) is 5.81. The minimum Gasteiger partial charge on any atom is -0.396 e. The summed E-state index contributed by atoms with van der Waals surface area (Å²) in [4.78, 5) is 0.852. The molecule has 96 valence electrons. The van der Waals surface area contributed by atoms with Crippen LogP contribution in [0.15, 0.2) is 29.2 Å². The number of hydrogen-bond acceptors (Lipinski definition) is 3. The Labute approximate surface area is 106 Å². The van der Waals surface area contributed by atoms with E-state index in [1.54, 1.807) is 6.26 Å². The summed E-state index contributed by atoms with van der Waals surface area (Å²) in [7, 11) is -0.912. The van der Waals surface area contributed by atoms with Crippen molar-refractivity contribution in [2.75, 3.05) is 12.9 Å². The minimum atomic E-state index is -0.912. The van der Waals surface area contributed by atoms with Gasteiger partial charge in [-0.15, -0.1) is 0 Å². The van der Waals surface area contributed by atoms with Crippen LogP contribution >= 0.6 is 0 Å². The van der Waals surface area contributed by atoms with E-state index in [0.717, 1.165) is 17.0 Å². The third-order valence-corrected chi connectivity index (χ3v) is 3.96. The highest BCUT2D eigenvalue weighted by molar-refractivity contribution is 7.84. The van der Waals surface area contributed by atoms with Gasteiger partial charge in [0.1, 0.15) is 0 Å². The van der Waals surface area contributed by atoms with Gasteiger partial charge in [0, 0.05) is 41.1 Å². The molecular formula is C13H21NO2S. The Balaban J connectivity index is 2.50. The average Bonchev–Trinajstić information content (AvgIpc) is 2.35. The van der Waals surface area contributed by atoms with E-state index in [9.17, 15) is 4.21 Å². The van der Waals surface area contributed by atoms with E-state index < -0.39 is 10.8 Å². The zero-order chi connectivity index (χ0) is 12.8. The molecule has 2 N–H and O–H groups in total. The molecule has 0 saturated carbocycles. The number of nitrogens with one attached hydrogen (secondary N) is 1. The van der Waals surface area contributed by atoms with E-state index in [-0.39, 0.29) is 18.6 Å². The van der Waals surface area contributed by atoms with E-state index in [1.165, 1.54) is 0 Å². The van der Waals surface area contributed by atoms with Crippen LogP contribution in [0.5, 0.6) is 0 Å². The number of hydrogen-bond donors (Lipinski definition) is 2. The van der Waals surface area contributed by atoms with Gasteiger partial charge in [-0.05, 0) is 30.5 Å². The topological polar surface area (TPSA) is 49.3 Å². The number of aliphatic hydroxyl groups excluding tert-OH is 1. The van der Waals surface area contributed by atoms with Crippen LogP contribution < -0.4 is 5.32 Å². The van der Waals surface area contributed by atoms with E-state index in [0.29, 0.717) is 0 Å². The van der Waals surface area contributed by atoms with Gasteiger partial charge in [-0.3, -0.25) is 4.21 Å². The second-order valence-corrected chi connectivity index (χ2v) is 5.81. The van der Waals surface area contributed by atoms with Crippen molar-refractivity contribution < 1.29 is 9.32 Å². The van der Waals surface area contributed by atoms with Crippen LogP contribution in [0, 0.1) is 5.92 Å². The molecule has 0 aliphatic carbocycles. The summed E-state index contributed by atoms with van der Waals surface area (Å²) in [5.41, 5.74) is 1.16. The van der Waals surface area contributed by atoms with Crippen LogP contribution in [-0.2, 0) is 17.3 Å². The van der Waals surface area contributed by atoms with Gasteiger partial charge < -0.3 is 10.4 Å². The van der Waals surface area contributed by atoms with Crippen molar-refractivity contribution in [3.63, 3.8) is 0 Å². The van der Waals surface area contributed by atoms with Gasteiger partial charge in [0.2, 0.25) is 0 Å². The molecule has 0 fully saturated rings. The molecular weight excluding hydrogens is 234 g/mol. The third kappa shape index (κ3) is 4.58. The van der Waals surface area contributed by atoms with Crippen molar-refractivity contribution in [2.45, 2.75) is 31.3 Å². The molecule has 0 aliphatic rings. The highest BCUT2D eigenvalue weighted by Gasteiger charge is 2.09. The Kier molecular flexibility index (Phi) is 5.82. The van der Waals surface area contributed by atoms with E-state index in [4.69, 9.17) is 5.11 Å². The van der Waals surface area contributed by atoms with Gasteiger partial charge in [0.15, 0.2) is 0 Å². The average molecular weight is 255 g/mol. The van der Waals surface area contributed by atoms with Crippen molar-refractivity contribution in [1.82, 2.24) is 5.32 Å². The zero-order valence-electron chi connectivity index (χ0n) is 10.6. The molecule has 17 heavy (non-hydrogen) atoms. The molecule has 1 rings (SSSR count). The van der Waals surface area contributed by atoms with Crippen LogP contribution in [0.25, 0.3) is 0 Å². The molecule has 3 atom stereocenters. The van der Waals surface area contributed by atoms with Crippen LogP contribution in [0.1, 0.15) is 19.4 Å². The lowest BCUT2D eigenvalue weighted by molar-refractivity contribution is 0.207. The smallest absolute Gasteiger partial charge is 0.0498 e. The molecule has 0 spiro atoms. The van der Waals surface area contributed by atoms with Gasteiger partial charge >= 0.3 is 0 Å². The summed E-state index contributed by atoms with van der Waals surface area (Å²) in [6, 6.07) is 8.04. The van der Waals surface area contributed by atoms with Crippen molar-refractivity contribution in [1.29, 1.82) is 0 Å². The first-order valence-corrected chi connectivity index (χ1v) is 7.37. The Bertz CT molecular complexity index is 364. The summed E-state index contributed by atoms with van der Waals surface area (Å²) in [5.74, 6) is 0.248. The lowest BCUT2D eigenvalue weighted by Gasteiger charge is -2.19. The van der Waals surface area contributed by atoms with Gasteiger partial charge in [-0.2, -0.15) is 0 Å². The van der Waals surface area contributed by atoms with Crippen LogP contribution in [0.4, 0.5) is 0 Å². The van der Waals surface area contributed by atoms with Gasteiger partial charge in [-0.1, -0.05) is 19.1 Å². The maximum atomic E-state index is 11.2. The maximum Gasteiger partial charge on any atom is 0.0498 e. The normalized spacial score (nSPS) is 16.5. The maximum absolute atomic E-state index is 11.2. The molecule has 0 radical (unpaired) electrons. The van der Waals surface area contributed by atoms with Gasteiger partial charge in [0.05, 0.1) is 0 Å². The Morgan fingerprint density at radius 1 is 1.29 bits per heavy atom. The summed E-state index contributed by atoms with van der Waals surface area (Å²) in [6.07, 6.45) is 1.68. The predicted octanol–water partition coefficient (Wildman–Crippen LogP) is 1.53. The Morgan fingerprint density at radius 2 is 1.88 bits per heavy atom. The highest BCUT2D eigenvalue weighted by atomic mass is 32.2. The predicted molar refractivity (Wildman–Crippen MR) is 71.3 cm³/mol. The molecule has 0 bridgehead atoms. The first-order chi connectivity index (χ1) is 8.04. The van der Waals surface area contributed by atoms with E-state index in [2.05, 4.69) is 12.2 Å². The summed E-state index contributed by atoms with van der Waals surface area (Å²) < 4.78 is 11.2. The summed E-state index contributed by atoms with van der Waals surface area (Å²) >= 11 is 0. The molecule has 3 unspecified atom stereocenters. The van der Waals surface area contributed by atoms with Crippen LogP contribution in [-0.4, -0.2) is 28.2 Å². The van der Waals surface area contributed by atoms with Crippen LogP contribution in [0.2, 0.25) is 0 Å². The summed E-state index contributed by atoms with van der Waals surface area (Å²) in [5, 5.41) is 12.4. The molecule has 0 saturated heterocycles. The molecule has 0 aromatic heterocycles. The number of benzene rings is 1. The summed E-state index contributed by atoms with van der Waals surface area (Å²) in [6.45, 7) is 5.04. The van der Waals surface area contributed by atoms with Crippen molar-refractivity contribution >= 4 is 10.8 Å². The quantitative estimate of drug-likeness (QED) is 0.810. The minimum absolute atomic E-state index is 0.196. The van der Waals surface area contributed by atoms with Crippen molar-refractivity contribution in [3.8, 4) is 0 Å². The fraction of sp³-hybridized carbons (Fsp3) is 0.538. The van der Waals surface area contributed by atoms with Crippen molar-refractivity contribution in [3.05, 3.63) is 29.8 Å². The van der Waals surface area contributed by atoms with E-state index in [1.807, 2.05) is 31.2 Å². The lowest BCUT2D eigenvalue weighted by atomic mass is 10.0. The van der Waals surface area contributed by atoms with Gasteiger partial charge in [-0.25, -0.2) is 0 Å². The molecule has 0 heterocycles. The molecule has 4 heteroatoms. The van der Waals surface area contributed by atoms with Crippen LogP contribution in [0.3, 0.4) is 0 Å². The van der Waals surface area contributed by atoms with E-state index >= 15 is 0 Å². The second-order valence-electron chi connectivity index (χ2n) is 4.43. The Hall–Kier alpha value is -0.710. The first kappa shape index (κ1) is 14.4. The number of aliphatic hydroxyl groups is 1. The molecule has 3 nitrogen and oxygen atoms in total. The Morgan fingerprint density at radius 3 is 2.35 bits per heavy atom. The lowest BCUT2D eigenvalue weighted by Crippen LogP contribution is -2.33. The fourth-order valence-electron chi connectivity index (χ4n) is 1.44. The number of rotatable bonds is 6. The molecule has 0 amide bonds. The molecule has 1 aromatic rings. The fourth-order valence-corrected chi connectivity index (χ4v) is 1.96. The highest BCUT2D eigenvalue weighted by Crippen LogP contribution is 2.08. The van der Waals surface area contributed by atoms with Gasteiger partial charge in [0.25, 0.3) is 0 Å². The SMILES string of the molecule is CC(CO)C(C)NCc1ccc(S(C)=O)cc1. The zero-order valence-corrected chi connectivity index (χ0v) is 11.5. The standard InChI is InChI=1S/C13H21NO2S/c1-10(9-15)11(2)14-8-12-4-6-13(7-5-12)17(3)16/h4-7,10-11,14-15H,8-9H2,1-3H3. The second kappa shape index (κ2) is 6.89. The monoisotopic (exact) mass is 255 g/mol. The third-order valence-electron chi connectivity index (χ3n) is 3.02. The molecule has 0 aliphatic heterocycles. The molecule has 1 aromatic carbocycles.